The Morgan fingerprint density at radius 3 is 2.79 bits per heavy atom. The molecule has 3 nitrogen and oxygen atoms in total. The van der Waals surface area contributed by atoms with Crippen molar-refractivity contribution in [2.24, 2.45) is 0 Å². The summed E-state index contributed by atoms with van der Waals surface area (Å²) in [5.41, 5.74) is 0. The number of carbonyl (C=O) groups is 1. The lowest BCUT2D eigenvalue weighted by Gasteiger charge is -2.36. The summed E-state index contributed by atoms with van der Waals surface area (Å²) in [5.74, 6) is 6.28. The molecule has 1 fully saturated rings. The van der Waals surface area contributed by atoms with Crippen LogP contribution in [0.5, 0.6) is 0 Å². The molecule has 1 rings (SSSR count). The lowest BCUT2D eigenvalue weighted by molar-refractivity contribution is -0.136. The zero-order chi connectivity index (χ0) is 10.6. The summed E-state index contributed by atoms with van der Waals surface area (Å²) < 4.78 is 0. The molecule has 0 bridgehead atoms. The molecule has 0 spiro atoms. The maximum Gasteiger partial charge on any atom is 0.236 e. The van der Waals surface area contributed by atoms with Gasteiger partial charge < -0.3 is 4.90 Å². The second-order valence-electron chi connectivity index (χ2n) is 3.73. The average molecular weight is 194 g/mol. The Labute approximate surface area is 86.1 Å². The van der Waals surface area contributed by atoms with Crippen LogP contribution < -0.4 is 0 Å². The van der Waals surface area contributed by atoms with Crippen LogP contribution in [0.4, 0.5) is 0 Å². The predicted molar refractivity (Wildman–Crippen MR) is 56.7 cm³/mol. The van der Waals surface area contributed by atoms with E-state index in [-0.39, 0.29) is 5.91 Å². The lowest BCUT2D eigenvalue weighted by Crippen LogP contribution is -2.53. The van der Waals surface area contributed by atoms with Crippen LogP contribution in [0.25, 0.3) is 0 Å². The molecule has 14 heavy (non-hydrogen) atoms. The second-order valence-corrected chi connectivity index (χ2v) is 3.73. The van der Waals surface area contributed by atoms with E-state index >= 15 is 0 Å². The molecule has 1 heterocycles. The van der Waals surface area contributed by atoms with E-state index in [0.29, 0.717) is 12.6 Å². The fourth-order valence-corrected chi connectivity index (χ4v) is 1.52. The second kappa shape index (κ2) is 5.02. The van der Waals surface area contributed by atoms with Gasteiger partial charge in [-0.05, 0) is 6.92 Å². The summed E-state index contributed by atoms with van der Waals surface area (Å²) in [6.07, 6.45) is 0.886. The maximum atomic E-state index is 11.5. The van der Waals surface area contributed by atoms with Crippen molar-refractivity contribution in [2.45, 2.75) is 26.3 Å². The van der Waals surface area contributed by atoms with Crippen LogP contribution in [0.2, 0.25) is 0 Å². The van der Waals surface area contributed by atoms with E-state index in [0.717, 1.165) is 19.5 Å². The first-order valence-electron chi connectivity index (χ1n) is 5.09. The normalized spacial score (nSPS) is 23.2. The van der Waals surface area contributed by atoms with E-state index in [9.17, 15) is 4.79 Å². The number of nitrogens with zero attached hydrogens (tertiary/aromatic N) is 2. The van der Waals surface area contributed by atoms with Crippen molar-refractivity contribution >= 4 is 5.91 Å². The van der Waals surface area contributed by atoms with Crippen LogP contribution >= 0.6 is 0 Å². The van der Waals surface area contributed by atoms with Crippen molar-refractivity contribution in [2.75, 3.05) is 26.7 Å². The van der Waals surface area contributed by atoms with Gasteiger partial charge >= 0.3 is 0 Å². The Morgan fingerprint density at radius 1 is 1.50 bits per heavy atom. The van der Waals surface area contributed by atoms with Gasteiger partial charge in [0.05, 0.1) is 13.1 Å². The number of piperazine rings is 1. The number of hydrogen-bond donors (Lipinski definition) is 0. The van der Waals surface area contributed by atoms with E-state index in [2.05, 4.69) is 23.7 Å². The van der Waals surface area contributed by atoms with Crippen molar-refractivity contribution in [1.29, 1.82) is 0 Å². The van der Waals surface area contributed by atoms with Gasteiger partial charge in [0.1, 0.15) is 0 Å². The first-order valence-corrected chi connectivity index (χ1v) is 5.09. The molecule has 1 aliphatic heterocycles. The molecule has 0 aromatic heterocycles. The van der Waals surface area contributed by atoms with E-state index in [1.54, 1.807) is 0 Å². The van der Waals surface area contributed by atoms with Crippen molar-refractivity contribution in [3.05, 3.63) is 0 Å². The summed E-state index contributed by atoms with van der Waals surface area (Å²) in [7, 11) is 1.86. The molecule has 1 amide bonds. The number of amides is 1. The molecule has 3 heteroatoms. The van der Waals surface area contributed by atoms with Gasteiger partial charge in [0.15, 0.2) is 0 Å². The molecule has 1 atom stereocenters. The Balaban J connectivity index is 2.46. The van der Waals surface area contributed by atoms with Crippen LogP contribution in [-0.4, -0.2) is 48.4 Å². The molecule has 1 saturated heterocycles. The van der Waals surface area contributed by atoms with Gasteiger partial charge in [-0.15, -0.1) is 5.92 Å². The SMILES string of the molecule is CCC#CCN1CC(=O)N(C)[C@@H](C)C1. The minimum Gasteiger partial charge on any atom is -0.341 e. The smallest absolute Gasteiger partial charge is 0.236 e. The number of hydrogen-bond acceptors (Lipinski definition) is 2. The van der Waals surface area contributed by atoms with Gasteiger partial charge in [0.2, 0.25) is 5.91 Å². The van der Waals surface area contributed by atoms with Crippen LogP contribution in [-0.2, 0) is 4.79 Å². The van der Waals surface area contributed by atoms with E-state index in [1.807, 2.05) is 18.9 Å². The monoisotopic (exact) mass is 194 g/mol. The molecule has 0 aliphatic carbocycles. The van der Waals surface area contributed by atoms with Gasteiger partial charge in [-0.25, -0.2) is 0 Å². The third kappa shape index (κ3) is 2.74. The Bertz CT molecular complexity index is 264. The van der Waals surface area contributed by atoms with Gasteiger partial charge in [-0.3, -0.25) is 9.69 Å². The van der Waals surface area contributed by atoms with Gasteiger partial charge in [-0.2, -0.15) is 0 Å². The third-order valence-electron chi connectivity index (χ3n) is 2.54. The van der Waals surface area contributed by atoms with E-state index < -0.39 is 0 Å². The van der Waals surface area contributed by atoms with Gasteiger partial charge in [0, 0.05) is 26.1 Å². The minimum absolute atomic E-state index is 0.196. The quantitative estimate of drug-likeness (QED) is 0.570. The van der Waals surface area contributed by atoms with Crippen molar-refractivity contribution in [1.82, 2.24) is 9.80 Å². The van der Waals surface area contributed by atoms with E-state index in [4.69, 9.17) is 0 Å². The molecule has 0 unspecified atom stereocenters. The van der Waals surface area contributed by atoms with Gasteiger partial charge in [-0.1, -0.05) is 12.8 Å². The van der Waals surface area contributed by atoms with Crippen LogP contribution in [0.1, 0.15) is 20.3 Å². The average Bonchev–Trinajstić information content (AvgIpc) is 2.14. The Kier molecular flexibility index (Phi) is 3.97. The van der Waals surface area contributed by atoms with Crippen LogP contribution in [0.3, 0.4) is 0 Å². The maximum absolute atomic E-state index is 11.5. The number of carbonyl (C=O) groups excluding carboxylic acids is 1. The first-order chi connectivity index (χ1) is 6.65. The summed E-state index contributed by atoms with van der Waals surface area (Å²) in [6.45, 7) is 6.26. The molecule has 0 radical (unpaired) electrons. The first kappa shape index (κ1) is 11.1. The van der Waals surface area contributed by atoms with Gasteiger partial charge in [0.25, 0.3) is 0 Å². The third-order valence-corrected chi connectivity index (χ3v) is 2.54. The highest BCUT2D eigenvalue weighted by molar-refractivity contribution is 5.79. The standard InChI is InChI=1S/C11H18N2O/c1-4-5-6-7-13-8-10(2)12(3)11(14)9-13/h10H,4,7-9H2,1-3H3/t10-/m0/s1. The highest BCUT2D eigenvalue weighted by atomic mass is 16.2. The van der Waals surface area contributed by atoms with Crippen molar-refractivity contribution < 1.29 is 4.79 Å². The molecular weight excluding hydrogens is 176 g/mol. The van der Waals surface area contributed by atoms with Crippen LogP contribution in [0.15, 0.2) is 0 Å². The predicted octanol–water partition coefficient (Wildman–Crippen LogP) is 0.562. The molecule has 0 aromatic carbocycles. The highest BCUT2D eigenvalue weighted by Crippen LogP contribution is 2.07. The van der Waals surface area contributed by atoms with Crippen molar-refractivity contribution in [3.63, 3.8) is 0 Å². The largest absolute Gasteiger partial charge is 0.341 e. The lowest BCUT2D eigenvalue weighted by atomic mass is 10.2. The van der Waals surface area contributed by atoms with E-state index in [1.165, 1.54) is 0 Å². The van der Waals surface area contributed by atoms with Crippen LogP contribution in [0, 0.1) is 11.8 Å². The topological polar surface area (TPSA) is 23.6 Å². The Hall–Kier alpha value is -1.01. The number of likely N-dealkylation sites (N-methyl/N-ethyl adjacent to an activating group) is 1. The fraction of sp³-hybridized carbons (Fsp3) is 0.727. The van der Waals surface area contributed by atoms with Crippen molar-refractivity contribution in [3.8, 4) is 11.8 Å². The number of rotatable bonds is 1. The molecule has 0 saturated carbocycles. The summed E-state index contributed by atoms with van der Waals surface area (Å²) in [5, 5.41) is 0. The zero-order valence-corrected chi connectivity index (χ0v) is 9.21. The minimum atomic E-state index is 0.196. The molecule has 0 aromatic rings. The summed E-state index contributed by atoms with van der Waals surface area (Å²) in [4.78, 5) is 15.4. The highest BCUT2D eigenvalue weighted by Gasteiger charge is 2.25. The molecule has 78 valence electrons. The summed E-state index contributed by atoms with van der Waals surface area (Å²) >= 11 is 0. The molecule has 1 aliphatic rings. The molecular formula is C11H18N2O. The molecule has 0 N–H and O–H groups in total. The fourth-order valence-electron chi connectivity index (χ4n) is 1.52. The Morgan fingerprint density at radius 2 is 2.21 bits per heavy atom. The zero-order valence-electron chi connectivity index (χ0n) is 9.21. The summed E-state index contributed by atoms with van der Waals surface area (Å²) in [6, 6.07) is 0.305.